The number of rotatable bonds is 4. The zero-order valence-electron chi connectivity index (χ0n) is 11.5. The molecule has 1 aromatic carbocycles. The molecule has 2 rings (SSSR count). The number of anilines is 1. The van der Waals surface area contributed by atoms with Gasteiger partial charge in [0.15, 0.2) is 0 Å². The molecule has 1 heterocycles. The van der Waals surface area contributed by atoms with E-state index in [-0.39, 0.29) is 17.2 Å². The predicted octanol–water partition coefficient (Wildman–Crippen LogP) is 4.48. The van der Waals surface area contributed by atoms with Crippen LogP contribution >= 0.6 is 11.6 Å². The number of hydrogen-bond acceptors (Lipinski definition) is 2. The van der Waals surface area contributed by atoms with E-state index in [0.29, 0.717) is 5.76 Å². The van der Waals surface area contributed by atoms with Gasteiger partial charge in [-0.15, -0.1) is 0 Å². The van der Waals surface area contributed by atoms with Gasteiger partial charge in [0.1, 0.15) is 11.2 Å². The van der Waals surface area contributed by atoms with Gasteiger partial charge in [0.05, 0.1) is 6.26 Å². The van der Waals surface area contributed by atoms with Crippen LogP contribution in [0.2, 0.25) is 0 Å². The highest BCUT2D eigenvalue weighted by molar-refractivity contribution is 6.21. The van der Waals surface area contributed by atoms with E-state index in [1.54, 1.807) is 26.0 Å². The summed E-state index contributed by atoms with van der Waals surface area (Å²) in [4.78, 5) is 12.3. The van der Waals surface area contributed by atoms with Crippen LogP contribution < -0.4 is 5.32 Å². The molecule has 21 heavy (non-hydrogen) atoms. The van der Waals surface area contributed by atoms with E-state index >= 15 is 0 Å². The third kappa shape index (κ3) is 3.42. The molecule has 1 amide bonds. The van der Waals surface area contributed by atoms with Gasteiger partial charge >= 0.3 is 5.38 Å². The minimum Gasteiger partial charge on any atom is -0.468 e. The van der Waals surface area contributed by atoms with E-state index < -0.39 is 10.8 Å². The van der Waals surface area contributed by atoms with Crippen molar-refractivity contribution < 1.29 is 18.0 Å². The van der Waals surface area contributed by atoms with E-state index in [9.17, 15) is 13.6 Å². The molecule has 0 aliphatic rings. The smallest absolute Gasteiger partial charge is 0.348 e. The zero-order valence-corrected chi connectivity index (χ0v) is 12.2. The highest BCUT2D eigenvalue weighted by Gasteiger charge is 2.33. The molecule has 0 saturated heterocycles. The van der Waals surface area contributed by atoms with E-state index in [1.807, 2.05) is 0 Å². The Bertz CT molecular complexity index is 633. The lowest BCUT2D eigenvalue weighted by Crippen LogP contribution is -2.34. The van der Waals surface area contributed by atoms with Gasteiger partial charge in [-0.05, 0) is 49.7 Å². The predicted molar refractivity (Wildman–Crippen MR) is 76.6 cm³/mol. The fourth-order valence-corrected chi connectivity index (χ4v) is 1.92. The standard InChI is InChI=1S/C15H14ClF2NO2/c1-14(2,12-7-4-8-21-12)13(20)19-11-6-3-5-10(9-11)15(16,17)18/h3-9H,1-2H3,(H,19,20). The van der Waals surface area contributed by atoms with Crippen LogP contribution in [0.15, 0.2) is 47.1 Å². The molecule has 0 bridgehead atoms. The van der Waals surface area contributed by atoms with Crippen molar-refractivity contribution in [3.63, 3.8) is 0 Å². The average molecular weight is 314 g/mol. The topological polar surface area (TPSA) is 42.2 Å². The van der Waals surface area contributed by atoms with Crippen molar-refractivity contribution >= 4 is 23.2 Å². The van der Waals surface area contributed by atoms with Gasteiger partial charge in [0.2, 0.25) is 5.91 Å². The zero-order chi connectivity index (χ0) is 15.7. The first-order chi connectivity index (χ1) is 9.71. The van der Waals surface area contributed by atoms with Crippen molar-refractivity contribution in [3.8, 4) is 0 Å². The van der Waals surface area contributed by atoms with E-state index in [1.165, 1.54) is 24.5 Å². The Balaban J connectivity index is 2.21. The number of furan rings is 1. The summed E-state index contributed by atoms with van der Waals surface area (Å²) < 4.78 is 31.4. The number of carbonyl (C=O) groups excluding carboxylic acids is 1. The lowest BCUT2D eigenvalue weighted by atomic mass is 9.89. The summed E-state index contributed by atoms with van der Waals surface area (Å²) in [7, 11) is 0. The normalized spacial score (nSPS) is 12.2. The van der Waals surface area contributed by atoms with Crippen molar-refractivity contribution in [1.29, 1.82) is 0 Å². The van der Waals surface area contributed by atoms with Crippen molar-refractivity contribution in [2.24, 2.45) is 0 Å². The molecule has 0 unspecified atom stereocenters. The minimum atomic E-state index is -3.47. The SMILES string of the molecule is CC(C)(C(=O)Nc1cccc(C(F)(F)Cl)c1)c1ccco1. The summed E-state index contributed by atoms with van der Waals surface area (Å²) in [5.41, 5.74) is -1.06. The first-order valence-corrected chi connectivity index (χ1v) is 6.62. The van der Waals surface area contributed by atoms with Gasteiger partial charge in [-0.25, -0.2) is 0 Å². The van der Waals surface area contributed by atoms with Crippen molar-refractivity contribution in [3.05, 3.63) is 54.0 Å². The molecule has 0 radical (unpaired) electrons. The Labute approximate surface area is 125 Å². The fourth-order valence-electron chi connectivity index (χ4n) is 1.81. The lowest BCUT2D eigenvalue weighted by molar-refractivity contribution is -0.121. The van der Waals surface area contributed by atoms with Gasteiger partial charge in [0, 0.05) is 11.3 Å². The van der Waals surface area contributed by atoms with Crippen LogP contribution in [0.25, 0.3) is 0 Å². The van der Waals surface area contributed by atoms with Gasteiger partial charge in [-0.1, -0.05) is 12.1 Å². The third-order valence-corrected chi connectivity index (χ3v) is 3.37. The van der Waals surface area contributed by atoms with E-state index in [0.717, 1.165) is 6.07 Å². The first-order valence-electron chi connectivity index (χ1n) is 6.24. The lowest BCUT2D eigenvalue weighted by Gasteiger charge is -2.21. The Morgan fingerprint density at radius 1 is 1.24 bits per heavy atom. The largest absolute Gasteiger partial charge is 0.468 e. The van der Waals surface area contributed by atoms with Gasteiger partial charge < -0.3 is 9.73 Å². The van der Waals surface area contributed by atoms with Crippen LogP contribution in [-0.4, -0.2) is 5.91 Å². The van der Waals surface area contributed by atoms with E-state index in [4.69, 9.17) is 16.0 Å². The Hall–Kier alpha value is -1.88. The molecule has 6 heteroatoms. The van der Waals surface area contributed by atoms with Gasteiger partial charge in [0.25, 0.3) is 0 Å². The monoisotopic (exact) mass is 313 g/mol. The molecule has 1 N–H and O–H groups in total. The molecular weight excluding hydrogens is 300 g/mol. The summed E-state index contributed by atoms with van der Waals surface area (Å²) in [5, 5.41) is -0.883. The molecule has 0 spiro atoms. The number of benzene rings is 1. The molecule has 0 aliphatic heterocycles. The summed E-state index contributed by atoms with van der Waals surface area (Å²) in [5.74, 6) is 0.117. The number of nitrogens with one attached hydrogen (secondary N) is 1. The average Bonchev–Trinajstić information content (AvgIpc) is 2.92. The maximum absolute atomic E-state index is 13.1. The molecule has 0 fully saturated rings. The van der Waals surface area contributed by atoms with Crippen LogP contribution in [-0.2, 0) is 15.6 Å². The molecule has 112 valence electrons. The highest BCUT2D eigenvalue weighted by atomic mass is 35.5. The van der Waals surface area contributed by atoms with Crippen LogP contribution in [0.5, 0.6) is 0 Å². The molecular formula is C15H14ClF2NO2. The van der Waals surface area contributed by atoms with Crippen molar-refractivity contribution in [1.82, 2.24) is 0 Å². The first kappa shape index (κ1) is 15.5. The van der Waals surface area contributed by atoms with Gasteiger partial charge in [-0.2, -0.15) is 8.78 Å². The van der Waals surface area contributed by atoms with Crippen LogP contribution in [0, 0.1) is 0 Å². The highest BCUT2D eigenvalue weighted by Crippen LogP contribution is 2.34. The number of carbonyl (C=O) groups is 1. The summed E-state index contributed by atoms with van der Waals surface area (Å²) in [6, 6.07) is 8.62. The Morgan fingerprint density at radius 3 is 2.52 bits per heavy atom. The minimum absolute atomic E-state index is 0.248. The maximum Gasteiger partial charge on any atom is 0.348 e. The molecule has 2 aromatic rings. The summed E-state index contributed by atoms with van der Waals surface area (Å²) in [6.45, 7) is 3.36. The van der Waals surface area contributed by atoms with Gasteiger partial charge in [-0.3, -0.25) is 4.79 Å². The number of halogens is 3. The molecule has 1 aromatic heterocycles. The quantitative estimate of drug-likeness (QED) is 0.845. The second-order valence-electron chi connectivity index (χ2n) is 5.13. The molecule has 0 atom stereocenters. The second-order valence-corrected chi connectivity index (χ2v) is 5.61. The molecule has 3 nitrogen and oxygen atoms in total. The number of hydrogen-bond donors (Lipinski definition) is 1. The Morgan fingerprint density at radius 2 is 1.95 bits per heavy atom. The second kappa shape index (κ2) is 5.48. The number of alkyl halides is 3. The Kier molecular flexibility index (Phi) is 4.05. The van der Waals surface area contributed by atoms with Crippen molar-refractivity contribution in [2.75, 3.05) is 5.32 Å². The fraction of sp³-hybridized carbons (Fsp3) is 0.267. The van der Waals surface area contributed by atoms with Crippen LogP contribution in [0.4, 0.5) is 14.5 Å². The summed E-state index contributed by atoms with van der Waals surface area (Å²) >= 11 is 4.98. The van der Waals surface area contributed by atoms with Crippen LogP contribution in [0.1, 0.15) is 25.2 Å². The van der Waals surface area contributed by atoms with Crippen LogP contribution in [0.3, 0.4) is 0 Å². The van der Waals surface area contributed by atoms with E-state index in [2.05, 4.69) is 5.32 Å². The summed E-state index contributed by atoms with van der Waals surface area (Å²) in [6.07, 6.45) is 1.47. The number of amides is 1. The molecule has 0 saturated carbocycles. The third-order valence-electron chi connectivity index (χ3n) is 3.15. The van der Waals surface area contributed by atoms with Crippen molar-refractivity contribution in [2.45, 2.75) is 24.6 Å². The molecule has 0 aliphatic carbocycles. The maximum atomic E-state index is 13.1.